The van der Waals surface area contributed by atoms with Crippen LogP contribution in [0.25, 0.3) is 0 Å². The molecule has 0 aromatic carbocycles. The standard InChI is InChI=1S/C12H15N5O3/c1-8(5-10-3-2-4-20-10)14-11-6-9(17(18)19)7-12(15-11)16-13/h2-4,6-8H,5,13H2,1H3,(H2,14,15,16). The number of pyridine rings is 1. The average Bonchev–Trinajstić information content (AvgIpc) is 2.90. The van der Waals surface area contributed by atoms with Gasteiger partial charge in [-0.1, -0.05) is 0 Å². The van der Waals surface area contributed by atoms with Gasteiger partial charge in [-0.25, -0.2) is 10.8 Å². The predicted octanol–water partition coefficient (Wildman–Crippen LogP) is 1.91. The molecule has 8 heteroatoms. The molecule has 106 valence electrons. The zero-order valence-corrected chi connectivity index (χ0v) is 10.9. The van der Waals surface area contributed by atoms with Crippen molar-refractivity contribution in [2.45, 2.75) is 19.4 Å². The lowest BCUT2D eigenvalue weighted by atomic mass is 10.2. The summed E-state index contributed by atoms with van der Waals surface area (Å²) in [6, 6.07) is 6.30. The number of furan rings is 1. The second-order valence-corrected chi connectivity index (χ2v) is 4.33. The summed E-state index contributed by atoms with van der Waals surface area (Å²) in [5.74, 6) is 6.69. The first-order valence-electron chi connectivity index (χ1n) is 6.00. The summed E-state index contributed by atoms with van der Waals surface area (Å²) in [5.41, 5.74) is 2.22. The SMILES string of the molecule is CC(Cc1ccco1)Nc1cc([N+](=O)[O-])cc(NN)n1. The zero-order chi connectivity index (χ0) is 14.5. The summed E-state index contributed by atoms with van der Waals surface area (Å²) < 4.78 is 5.25. The van der Waals surface area contributed by atoms with E-state index in [2.05, 4.69) is 15.7 Å². The molecule has 0 amide bonds. The molecule has 1 unspecified atom stereocenters. The lowest BCUT2D eigenvalue weighted by Gasteiger charge is -2.13. The maximum atomic E-state index is 10.8. The number of nitrogen functional groups attached to an aromatic ring is 1. The van der Waals surface area contributed by atoms with Crippen molar-refractivity contribution in [1.29, 1.82) is 0 Å². The van der Waals surface area contributed by atoms with E-state index in [1.54, 1.807) is 6.26 Å². The minimum Gasteiger partial charge on any atom is -0.469 e. The van der Waals surface area contributed by atoms with E-state index in [1.165, 1.54) is 12.1 Å². The fourth-order valence-electron chi connectivity index (χ4n) is 1.80. The molecule has 0 aliphatic heterocycles. The molecule has 0 saturated heterocycles. The summed E-state index contributed by atoms with van der Waals surface area (Å²) in [7, 11) is 0. The Kier molecular flexibility index (Phi) is 4.16. The molecule has 0 bridgehead atoms. The Labute approximate surface area is 115 Å². The molecule has 8 nitrogen and oxygen atoms in total. The van der Waals surface area contributed by atoms with Crippen molar-refractivity contribution in [2.24, 2.45) is 5.84 Å². The highest BCUT2D eigenvalue weighted by atomic mass is 16.6. The van der Waals surface area contributed by atoms with Crippen LogP contribution < -0.4 is 16.6 Å². The molecule has 20 heavy (non-hydrogen) atoms. The topological polar surface area (TPSA) is 119 Å². The third-order valence-electron chi connectivity index (χ3n) is 2.65. The van der Waals surface area contributed by atoms with Gasteiger partial charge in [0.15, 0.2) is 0 Å². The second-order valence-electron chi connectivity index (χ2n) is 4.33. The van der Waals surface area contributed by atoms with Crippen LogP contribution in [0.5, 0.6) is 0 Å². The molecule has 1 atom stereocenters. The molecule has 2 aromatic heterocycles. The molecule has 0 aliphatic carbocycles. The highest BCUT2D eigenvalue weighted by Gasteiger charge is 2.13. The van der Waals surface area contributed by atoms with Crippen molar-refractivity contribution < 1.29 is 9.34 Å². The lowest BCUT2D eigenvalue weighted by Crippen LogP contribution is -2.19. The van der Waals surface area contributed by atoms with Crippen molar-refractivity contribution in [2.75, 3.05) is 10.7 Å². The van der Waals surface area contributed by atoms with Gasteiger partial charge < -0.3 is 15.2 Å². The van der Waals surface area contributed by atoms with E-state index < -0.39 is 4.92 Å². The minimum atomic E-state index is -0.495. The number of nitrogens with zero attached hydrogens (tertiary/aromatic N) is 2. The Morgan fingerprint density at radius 3 is 2.85 bits per heavy atom. The van der Waals surface area contributed by atoms with Gasteiger partial charge in [-0.05, 0) is 19.1 Å². The highest BCUT2D eigenvalue weighted by molar-refractivity contribution is 5.54. The van der Waals surface area contributed by atoms with Crippen molar-refractivity contribution >= 4 is 17.3 Å². The molecule has 0 spiro atoms. The summed E-state index contributed by atoms with van der Waals surface area (Å²) in [6.07, 6.45) is 2.24. The van der Waals surface area contributed by atoms with E-state index in [1.807, 2.05) is 19.1 Å². The molecule has 2 rings (SSSR count). The van der Waals surface area contributed by atoms with Gasteiger partial charge in [0.2, 0.25) is 0 Å². The van der Waals surface area contributed by atoms with Crippen molar-refractivity contribution in [3.8, 4) is 0 Å². The molecular weight excluding hydrogens is 262 g/mol. The normalized spacial score (nSPS) is 11.9. The third-order valence-corrected chi connectivity index (χ3v) is 2.65. The Balaban J connectivity index is 2.11. The van der Waals surface area contributed by atoms with Crippen molar-refractivity contribution in [1.82, 2.24) is 4.98 Å². The summed E-state index contributed by atoms with van der Waals surface area (Å²) in [5, 5.41) is 13.9. The van der Waals surface area contributed by atoms with Crippen LogP contribution in [0.2, 0.25) is 0 Å². The molecule has 2 aromatic rings. The fraction of sp³-hybridized carbons (Fsp3) is 0.250. The van der Waals surface area contributed by atoms with Gasteiger partial charge in [-0.3, -0.25) is 10.1 Å². The van der Waals surface area contributed by atoms with Gasteiger partial charge in [0.1, 0.15) is 17.4 Å². The lowest BCUT2D eigenvalue weighted by molar-refractivity contribution is -0.384. The van der Waals surface area contributed by atoms with E-state index in [0.29, 0.717) is 12.2 Å². The summed E-state index contributed by atoms with van der Waals surface area (Å²) in [6.45, 7) is 1.93. The van der Waals surface area contributed by atoms with Crippen LogP contribution >= 0.6 is 0 Å². The van der Waals surface area contributed by atoms with E-state index in [9.17, 15) is 10.1 Å². The number of aromatic nitrogens is 1. The van der Waals surface area contributed by atoms with Gasteiger partial charge in [0.25, 0.3) is 5.69 Å². The highest BCUT2D eigenvalue weighted by Crippen LogP contribution is 2.21. The van der Waals surface area contributed by atoms with Crippen LogP contribution in [0.1, 0.15) is 12.7 Å². The van der Waals surface area contributed by atoms with E-state index in [4.69, 9.17) is 10.3 Å². The zero-order valence-electron chi connectivity index (χ0n) is 10.9. The molecule has 0 aliphatic rings. The van der Waals surface area contributed by atoms with Gasteiger partial charge in [0, 0.05) is 12.5 Å². The largest absolute Gasteiger partial charge is 0.469 e. The van der Waals surface area contributed by atoms with Crippen LogP contribution in [0, 0.1) is 10.1 Å². The molecule has 2 heterocycles. The first-order chi connectivity index (χ1) is 9.58. The molecule has 0 fully saturated rings. The molecular formula is C12H15N5O3. The predicted molar refractivity (Wildman–Crippen MR) is 74.2 cm³/mol. The van der Waals surface area contributed by atoms with Crippen molar-refractivity contribution in [3.63, 3.8) is 0 Å². The van der Waals surface area contributed by atoms with Gasteiger partial charge >= 0.3 is 0 Å². The number of anilines is 2. The quantitative estimate of drug-likeness (QED) is 0.419. The van der Waals surface area contributed by atoms with Gasteiger partial charge in [0.05, 0.1) is 23.3 Å². The maximum absolute atomic E-state index is 10.8. The average molecular weight is 277 g/mol. The fourth-order valence-corrected chi connectivity index (χ4v) is 1.80. The number of hydrazine groups is 1. The Bertz CT molecular complexity index is 585. The van der Waals surface area contributed by atoms with Crippen molar-refractivity contribution in [3.05, 3.63) is 46.4 Å². The van der Waals surface area contributed by atoms with Crippen LogP contribution in [0.15, 0.2) is 34.9 Å². The van der Waals surface area contributed by atoms with Gasteiger partial charge in [-0.2, -0.15) is 0 Å². The number of nitrogens with one attached hydrogen (secondary N) is 2. The third kappa shape index (κ3) is 3.45. The van der Waals surface area contributed by atoms with E-state index in [-0.39, 0.29) is 17.5 Å². The molecule has 0 radical (unpaired) electrons. The maximum Gasteiger partial charge on any atom is 0.276 e. The monoisotopic (exact) mass is 277 g/mol. The van der Waals surface area contributed by atoms with Crippen LogP contribution in [-0.2, 0) is 6.42 Å². The molecule has 0 saturated carbocycles. The number of hydrogen-bond acceptors (Lipinski definition) is 7. The first-order valence-corrected chi connectivity index (χ1v) is 6.00. The number of rotatable bonds is 6. The number of hydrogen-bond donors (Lipinski definition) is 3. The molecule has 4 N–H and O–H groups in total. The number of nitro groups is 1. The smallest absolute Gasteiger partial charge is 0.276 e. The Morgan fingerprint density at radius 1 is 1.50 bits per heavy atom. The summed E-state index contributed by atoms with van der Waals surface area (Å²) in [4.78, 5) is 14.5. The van der Waals surface area contributed by atoms with Crippen LogP contribution in [0.4, 0.5) is 17.3 Å². The van der Waals surface area contributed by atoms with Gasteiger partial charge in [-0.15, -0.1) is 0 Å². The second kappa shape index (κ2) is 6.02. The van der Waals surface area contributed by atoms with E-state index >= 15 is 0 Å². The summed E-state index contributed by atoms with van der Waals surface area (Å²) >= 11 is 0. The van der Waals surface area contributed by atoms with Crippen LogP contribution in [-0.4, -0.2) is 15.9 Å². The Morgan fingerprint density at radius 2 is 2.25 bits per heavy atom. The Hall–Kier alpha value is -2.61. The van der Waals surface area contributed by atoms with E-state index in [0.717, 1.165) is 5.76 Å². The van der Waals surface area contributed by atoms with Crippen LogP contribution in [0.3, 0.4) is 0 Å². The number of nitrogens with two attached hydrogens (primary N) is 1. The first kappa shape index (κ1) is 13.8. The minimum absolute atomic E-state index is 0.00118.